The van der Waals surface area contributed by atoms with E-state index in [1.807, 2.05) is 0 Å². The van der Waals surface area contributed by atoms with Gasteiger partial charge in [-0.25, -0.2) is 0 Å². The van der Waals surface area contributed by atoms with Crippen molar-refractivity contribution in [3.63, 3.8) is 0 Å². The Hall–Kier alpha value is -0.0800. The molecule has 0 aromatic rings. The lowest BCUT2D eigenvalue weighted by atomic mass is 9.69. The molecule has 0 saturated carbocycles. The van der Waals surface area contributed by atoms with Crippen LogP contribution in [-0.4, -0.2) is 47.1 Å². The van der Waals surface area contributed by atoms with Crippen molar-refractivity contribution in [2.24, 2.45) is 17.8 Å². The Kier molecular flexibility index (Phi) is 5.89. The second kappa shape index (κ2) is 7.04. The minimum Gasteiger partial charge on any atom is -0.303 e. The zero-order chi connectivity index (χ0) is 17.4. The molecule has 0 amide bonds. The third-order valence-corrected chi connectivity index (χ3v) is 6.96. The zero-order valence-corrected chi connectivity index (χ0v) is 17.2. The van der Waals surface area contributed by atoms with E-state index in [0.717, 1.165) is 23.8 Å². The van der Waals surface area contributed by atoms with Gasteiger partial charge in [0.15, 0.2) is 0 Å². The second-order valence-electron chi connectivity index (χ2n) is 10.1. The van der Waals surface area contributed by atoms with Crippen LogP contribution in [0.1, 0.15) is 80.6 Å². The molecule has 2 rings (SSSR count). The first-order valence-corrected chi connectivity index (χ1v) is 10.0. The molecule has 0 aliphatic carbocycles. The maximum Gasteiger partial charge on any atom is 0.0161 e. The van der Waals surface area contributed by atoms with Crippen molar-refractivity contribution in [2.75, 3.05) is 20.1 Å². The Morgan fingerprint density at radius 1 is 1.04 bits per heavy atom. The smallest absolute Gasteiger partial charge is 0.0161 e. The maximum absolute atomic E-state index is 2.88. The van der Waals surface area contributed by atoms with Gasteiger partial charge in [-0.15, -0.1) is 0 Å². The number of rotatable bonds is 4. The molecule has 23 heavy (non-hydrogen) atoms. The Morgan fingerprint density at radius 2 is 1.61 bits per heavy atom. The van der Waals surface area contributed by atoms with Crippen molar-refractivity contribution in [1.29, 1.82) is 0 Å². The van der Waals surface area contributed by atoms with E-state index in [0.29, 0.717) is 11.1 Å². The number of piperidine rings is 2. The van der Waals surface area contributed by atoms with Gasteiger partial charge in [0.25, 0.3) is 0 Å². The fourth-order valence-corrected chi connectivity index (χ4v) is 5.51. The van der Waals surface area contributed by atoms with Gasteiger partial charge in [0.2, 0.25) is 0 Å². The van der Waals surface area contributed by atoms with Gasteiger partial charge in [0, 0.05) is 23.7 Å². The van der Waals surface area contributed by atoms with Crippen LogP contribution in [0.2, 0.25) is 0 Å². The highest BCUT2D eigenvalue weighted by atomic mass is 15.3. The van der Waals surface area contributed by atoms with Crippen molar-refractivity contribution < 1.29 is 0 Å². The van der Waals surface area contributed by atoms with Crippen molar-refractivity contribution in [2.45, 2.75) is 97.7 Å². The van der Waals surface area contributed by atoms with Crippen LogP contribution >= 0.6 is 0 Å². The van der Waals surface area contributed by atoms with E-state index in [4.69, 9.17) is 0 Å². The van der Waals surface area contributed by atoms with E-state index in [-0.39, 0.29) is 0 Å². The van der Waals surface area contributed by atoms with Crippen LogP contribution in [0.25, 0.3) is 0 Å². The predicted octanol–water partition coefficient (Wildman–Crippen LogP) is 5.03. The van der Waals surface area contributed by atoms with Gasteiger partial charge in [0.05, 0.1) is 0 Å². The molecule has 2 heterocycles. The minimum atomic E-state index is 0.335. The number of nitrogens with zero attached hydrogens (tertiary/aromatic N) is 2. The van der Waals surface area contributed by atoms with Gasteiger partial charge < -0.3 is 4.90 Å². The fourth-order valence-electron chi connectivity index (χ4n) is 5.51. The summed E-state index contributed by atoms with van der Waals surface area (Å²) in [6, 6.07) is 0.799. The lowest BCUT2D eigenvalue weighted by molar-refractivity contribution is -0.0753. The second-order valence-corrected chi connectivity index (χ2v) is 10.1. The van der Waals surface area contributed by atoms with Crippen LogP contribution in [0.15, 0.2) is 0 Å². The average Bonchev–Trinajstić information content (AvgIpc) is 2.43. The summed E-state index contributed by atoms with van der Waals surface area (Å²) in [5.74, 6) is 2.56. The van der Waals surface area contributed by atoms with Gasteiger partial charge in [-0.05, 0) is 91.1 Å². The van der Waals surface area contributed by atoms with Crippen LogP contribution in [0.4, 0.5) is 0 Å². The molecule has 0 N–H and O–H groups in total. The Labute approximate surface area is 146 Å². The van der Waals surface area contributed by atoms with Crippen molar-refractivity contribution in [1.82, 2.24) is 9.80 Å². The van der Waals surface area contributed by atoms with Crippen molar-refractivity contribution in [3.8, 4) is 0 Å². The van der Waals surface area contributed by atoms with Crippen LogP contribution in [-0.2, 0) is 0 Å². The van der Waals surface area contributed by atoms with Crippen LogP contribution in [0.3, 0.4) is 0 Å². The van der Waals surface area contributed by atoms with Gasteiger partial charge >= 0.3 is 0 Å². The normalized spacial score (nSPS) is 33.3. The molecule has 2 saturated heterocycles. The summed E-state index contributed by atoms with van der Waals surface area (Å²) >= 11 is 0. The molecular weight excluding hydrogens is 280 g/mol. The first kappa shape index (κ1) is 19.2. The highest BCUT2D eigenvalue weighted by molar-refractivity contribution is 5.01. The van der Waals surface area contributed by atoms with E-state index >= 15 is 0 Å². The van der Waals surface area contributed by atoms with Crippen LogP contribution in [0.5, 0.6) is 0 Å². The van der Waals surface area contributed by atoms with E-state index in [2.05, 4.69) is 65.3 Å². The summed E-state index contributed by atoms with van der Waals surface area (Å²) in [7, 11) is 2.31. The molecule has 0 aromatic carbocycles. The molecule has 0 radical (unpaired) electrons. The highest BCUT2D eigenvalue weighted by Crippen LogP contribution is 2.45. The predicted molar refractivity (Wildman–Crippen MR) is 102 cm³/mol. The summed E-state index contributed by atoms with van der Waals surface area (Å²) in [5, 5.41) is 0. The monoisotopic (exact) mass is 322 g/mol. The van der Waals surface area contributed by atoms with Crippen molar-refractivity contribution in [3.05, 3.63) is 0 Å². The highest BCUT2D eigenvalue weighted by Gasteiger charge is 2.46. The van der Waals surface area contributed by atoms with E-state index in [9.17, 15) is 0 Å². The van der Waals surface area contributed by atoms with Gasteiger partial charge in [-0.3, -0.25) is 4.90 Å². The molecule has 2 aliphatic rings. The summed E-state index contributed by atoms with van der Waals surface area (Å²) < 4.78 is 0. The molecule has 0 bridgehead atoms. The SMILES string of the molecule is CCC1CC(CN2C(C)(C)CC(C(C)C)CC2(C)C)CCN1C. The Morgan fingerprint density at radius 3 is 2.09 bits per heavy atom. The van der Waals surface area contributed by atoms with E-state index in [1.165, 1.54) is 45.2 Å². The van der Waals surface area contributed by atoms with Gasteiger partial charge in [0.1, 0.15) is 0 Å². The zero-order valence-electron chi connectivity index (χ0n) is 17.2. The first-order valence-electron chi connectivity index (χ1n) is 10.0. The molecule has 2 unspecified atom stereocenters. The Balaban J connectivity index is 2.09. The molecule has 136 valence electrons. The van der Waals surface area contributed by atoms with E-state index in [1.54, 1.807) is 0 Å². The molecule has 2 fully saturated rings. The number of likely N-dealkylation sites (tertiary alicyclic amines) is 2. The molecule has 2 nitrogen and oxygen atoms in total. The minimum absolute atomic E-state index is 0.335. The average molecular weight is 323 g/mol. The molecule has 0 spiro atoms. The largest absolute Gasteiger partial charge is 0.303 e. The third kappa shape index (κ3) is 4.31. The Bertz CT molecular complexity index is 367. The third-order valence-electron chi connectivity index (χ3n) is 6.96. The van der Waals surface area contributed by atoms with Crippen LogP contribution in [0, 0.1) is 17.8 Å². The standard InChI is InChI=1S/C21H42N2/c1-9-19-12-17(10-11-22(19)8)15-23-20(4,5)13-18(16(2)3)14-21(23,6)7/h16-19H,9-15H2,1-8H3. The van der Waals surface area contributed by atoms with Gasteiger partial charge in [-0.2, -0.15) is 0 Å². The first-order chi connectivity index (χ1) is 10.6. The fraction of sp³-hybridized carbons (Fsp3) is 1.00. The summed E-state index contributed by atoms with van der Waals surface area (Å²) in [6.07, 6.45) is 6.79. The van der Waals surface area contributed by atoms with Crippen LogP contribution < -0.4 is 0 Å². The summed E-state index contributed by atoms with van der Waals surface area (Å²) in [5.41, 5.74) is 0.670. The number of hydrogen-bond acceptors (Lipinski definition) is 2. The lowest BCUT2D eigenvalue weighted by Crippen LogP contribution is -2.62. The molecular formula is C21H42N2. The van der Waals surface area contributed by atoms with E-state index < -0.39 is 0 Å². The number of hydrogen-bond donors (Lipinski definition) is 0. The molecule has 2 atom stereocenters. The van der Waals surface area contributed by atoms with Crippen molar-refractivity contribution >= 4 is 0 Å². The molecule has 2 aliphatic heterocycles. The molecule has 0 aromatic heterocycles. The maximum atomic E-state index is 2.88. The van der Waals surface area contributed by atoms with Gasteiger partial charge in [-0.1, -0.05) is 20.8 Å². The molecule has 2 heteroatoms. The lowest BCUT2D eigenvalue weighted by Gasteiger charge is -2.57. The summed E-state index contributed by atoms with van der Waals surface area (Å²) in [6.45, 7) is 19.7. The quantitative estimate of drug-likeness (QED) is 0.716. The summed E-state index contributed by atoms with van der Waals surface area (Å²) in [4.78, 5) is 5.46. The topological polar surface area (TPSA) is 6.48 Å².